The van der Waals surface area contributed by atoms with E-state index in [1.165, 1.54) is 30.2 Å². The Hall–Kier alpha value is -1.41. The summed E-state index contributed by atoms with van der Waals surface area (Å²) < 4.78 is 10.6. The second-order valence-electron chi connectivity index (χ2n) is 4.43. The van der Waals surface area contributed by atoms with Gasteiger partial charge in [0.2, 0.25) is 0 Å². The van der Waals surface area contributed by atoms with Gasteiger partial charge in [0.15, 0.2) is 9.35 Å². The maximum Gasteiger partial charge on any atom is 0.318 e. The second-order valence-corrected chi connectivity index (χ2v) is 6.99. The number of carbonyl (C=O) groups is 1. The molecule has 6 nitrogen and oxygen atoms in total. The maximum atomic E-state index is 11.4. The molecule has 0 bridgehead atoms. The largest absolute Gasteiger partial charge is 0.468 e. The predicted octanol–water partition coefficient (Wildman–Crippen LogP) is 2.97. The monoisotopic (exact) mass is 313 g/mol. The van der Waals surface area contributed by atoms with Gasteiger partial charge < -0.3 is 9.26 Å². The third kappa shape index (κ3) is 3.37. The summed E-state index contributed by atoms with van der Waals surface area (Å²) in [6.07, 6.45) is 0. The minimum atomic E-state index is -0.315. The lowest BCUT2D eigenvalue weighted by Gasteiger charge is -2.04. The molecule has 0 saturated carbocycles. The van der Waals surface area contributed by atoms with Crippen molar-refractivity contribution in [2.45, 2.75) is 36.3 Å². The van der Waals surface area contributed by atoms with Crippen molar-refractivity contribution in [3.05, 3.63) is 11.8 Å². The highest BCUT2D eigenvalue weighted by Crippen LogP contribution is 2.32. The van der Waals surface area contributed by atoms with E-state index in [0.29, 0.717) is 15.0 Å². The van der Waals surface area contributed by atoms with Crippen LogP contribution in [0.25, 0.3) is 10.7 Å². The van der Waals surface area contributed by atoms with Crippen LogP contribution in [0.2, 0.25) is 0 Å². The van der Waals surface area contributed by atoms with Crippen LogP contribution >= 0.6 is 23.1 Å². The summed E-state index contributed by atoms with van der Waals surface area (Å²) in [4.78, 5) is 11.4. The number of rotatable bonds is 5. The van der Waals surface area contributed by atoms with Crippen LogP contribution in [-0.2, 0) is 9.53 Å². The van der Waals surface area contributed by atoms with Crippen molar-refractivity contribution < 1.29 is 14.1 Å². The molecule has 0 radical (unpaired) electrons. The first kappa shape index (κ1) is 15.0. The van der Waals surface area contributed by atoms with E-state index in [9.17, 15) is 4.79 Å². The zero-order valence-electron chi connectivity index (χ0n) is 11.6. The molecule has 2 aromatic heterocycles. The van der Waals surface area contributed by atoms with E-state index in [-0.39, 0.29) is 17.1 Å². The molecule has 0 fully saturated rings. The SMILES string of the molecule is COC(=O)C(C)Sc1nnc(-c2cc(C(C)C)on2)s1. The second kappa shape index (κ2) is 6.36. The number of hydrogen-bond acceptors (Lipinski definition) is 8. The Morgan fingerprint density at radius 2 is 2.15 bits per heavy atom. The molecular formula is C12H15N3O3S2. The summed E-state index contributed by atoms with van der Waals surface area (Å²) in [6, 6.07) is 1.86. The molecule has 0 saturated heterocycles. The van der Waals surface area contributed by atoms with Gasteiger partial charge in [-0.05, 0) is 6.92 Å². The molecule has 0 aliphatic carbocycles. The van der Waals surface area contributed by atoms with Gasteiger partial charge in [-0.3, -0.25) is 4.79 Å². The van der Waals surface area contributed by atoms with Crippen LogP contribution in [0.5, 0.6) is 0 Å². The number of esters is 1. The van der Waals surface area contributed by atoms with Crippen LogP contribution in [-0.4, -0.2) is 33.7 Å². The van der Waals surface area contributed by atoms with Crippen LogP contribution in [0.15, 0.2) is 14.9 Å². The molecule has 0 aromatic carbocycles. The van der Waals surface area contributed by atoms with Crippen molar-refractivity contribution in [3.63, 3.8) is 0 Å². The van der Waals surface area contributed by atoms with Crippen molar-refractivity contribution in [1.82, 2.24) is 15.4 Å². The standard InChI is InChI=1S/C12H15N3O3S2/c1-6(2)9-5-8(15-18-9)10-13-14-12(20-10)19-7(3)11(16)17-4/h5-7H,1-4H3. The molecule has 20 heavy (non-hydrogen) atoms. The quantitative estimate of drug-likeness (QED) is 0.620. The first-order valence-electron chi connectivity index (χ1n) is 6.06. The zero-order chi connectivity index (χ0) is 14.7. The van der Waals surface area contributed by atoms with E-state index in [1.807, 2.05) is 19.9 Å². The van der Waals surface area contributed by atoms with Gasteiger partial charge in [0.25, 0.3) is 0 Å². The zero-order valence-corrected chi connectivity index (χ0v) is 13.2. The summed E-state index contributed by atoms with van der Waals surface area (Å²) in [6.45, 7) is 5.83. The van der Waals surface area contributed by atoms with E-state index < -0.39 is 0 Å². The summed E-state index contributed by atoms with van der Waals surface area (Å²) in [5.74, 6) is 0.806. The van der Waals surface area contributed by atoms with Crippen LogP contribution in [0.4, 0.5) is 0 Å². The smallest absolute Gasteiger partial charge is 0.318 e. The van der Waals surface area contributed by atoms with Gasteiger partial charge >= 0.3 is 5.97 Å². The van der Waals surface area contributed by atoms with Crippen molar-refractivity contribution in [1.29, 1.82) is 0 Å². The number of methoxy groups -OCH3 is 1. The molecule has 1 atom stereocenters. The molecule has 0 spiro atoms. The lowest BCUT2D eigenvalue weighted by Crippen LogP contribution is -2.14. The molecular weight excluding hydrogens is 298 g/mol. The van der Waals surface area contributed by atoms with Crippen molar-refractivity contribution in [2.75, 3.05) is 7.11 Å². The van der Waals surface area contributed by atoms with Crippen molar-refractivity contribution >= 4 is 29.1 Å². The van der Waals surface area contributed by atoms with Crippen molar-refractivity contribution in [3.8, 4) is 10.7 Å². The summed E-state index contributed by atoms with van der Waals surface area (Å²) in [5, 5.41) is 12.5. The van der Waals surface area contributed by atoms with Gasteiger partial charge in [0.05, 0.1) is 7.11 Å². The molecule has 0 aliphatic rings. The number of ether oxygens (including phenoxy) is 1. The lowest BCUT2D eigenvalue weighted by molar-refractivity contribution is -0.139. The van der Waals surface area contributed by atoms with Gasteiger partial charge in [-0.25, -0.2) is 0 Å². The number of aromatic nitrogens is 3. The molecule has 8 heteroatoms. The maximum absolute atomic E-state index is 11.4. The van der Waals surface area contributed by atoms with E-state index in [2.05, 4.69) is 20.1 Å². The van der Waals surface area contributed by atoms with Crippen LogP contribution < -0.4 is 0 Å². The van der Waals surface area contributed by atoms with Gasteiger partial charge in [-0.1, -0.05) is 42.1 Å². The van der Waals surface area contributed by atoms with Gasteiger partial charge in [0.1, 0.15) is 16.7 Å². The highest BCUT2D eigenvalue weighted by Gasteiger charge is 2.19. The Bertz CT molecular complexity index is 594. The third-order valence-corrected chi connectivity index (χ3v) is 4.64. The molecule has 1 unspecified atom stereocenters. The van der Waals surface area contributed by atoms with Crippen LogP contribution in [0.1, 0.15) is 32.4 Å². The number of nitrogens with zero attached hydrogens (tertiary/aromatic N) is 3. The Kier molecular flexibility index (Phi) is 4.77. The fraction of sp³-hybridized carbons (Fsp3) is 0.500. The molecule has 0 aliphatic heterocycles. The number of carbonyl (C=O) groups excluding carboxylic acids is 1. The first-order valence-corrected chi connectivity index (χ1v) is 7.75. The third-order valence-electron chi connectivity index (χ3n) is 2.53. The average molecular weight is 313 g/mol. The first-order chi connectivity index (χ1) is 9.51. The Morgan fingerprint density at radius 3 is 2.75 bits per heavy atom. The summed E-state index contributed by atoms with van der Waals surface area (Å²) in [5.41, 5.74) is 0.670. The molecule has 2 aromatic rings. The number of hydrogen-bond donors (Lipinski definition) is 0. The highest BCUT2D eigenvalue weighted by atomic mass is 32.2. The topological polar surface area (TPSA) is 78.1 Å². The Morgan fingerprint density at radius 1 is 1.40 bits per heavy atom. The fourth-order valence-electron chi connectivity index (χ4n) is 1.39. The number of thioether (sulfide) groups is 1. The highest BCUT2D eigenvalue weighted by molar-refractivity contribution is 8.02. The normalized spacial score (nSPS) is 12.7. The minimum Gasteiger partial charge on any atom is -0.468 e. The Labute approximate surface area is 124 Å². The summed E-state index contributed by atoms with van der Waals surface area (Å²) in [7, 11) is 1.37. The predicted molar refractivity (Wildman–Crippen MR) is 76.8 cm³/mol. The van der Waals surface area contributed by atoms with Gasteiger partial charge in [0, 0.05) is 12.0 Å². The summed E-state index contributed by atoms with van der Waals surface area (Å²) >= 11 is 2.69. The van der Waals surface area contributed by atoms with Crippen LogP contribution in [0, 0.1) is 0 Å². The average Bonchev–Trinajstić information content (AvgIpc) is 3.05. The van der Waals surface area contributed by atoms with Gasteiger partial charge in [-0.15, -0.1) is 10.2 Å². The fourth-order valence-corrected chi connectivity index (χ4v) is 3.36. The molecule has 0 N–H and O–H groups in total. The molecule has 0 amide bonds. The minimum absolute atomic E-state index is 0.275. The van der Waals surface area contributed by atoms with E-state index >= 15 is 0 Å². The molecule has 108 valence electrons. The van der Waals surface area contributed by atoms with Gasteiger partial charge in [-0.2, -0.15) is 0 Å². The van der Waals surface area contributed by atoms with E-state index in [0.717, 1.165) is 5.76 Å². The van der Waals surface area contributed by atoms with E-state index in [1.54, 1.807) is 6.92 Å². The van der Waals surface area contributed by atoms with E-state index in [4.69, 9.17) is 4.52 Å². The molecule has 2 rings (SSSR count). The Balaban J connectivity index is 2.10. The molecule has 2 heterocycles. The van der Waals surface area contributed by atoms with Crippen molar-refractivity contribution in [2.24, 2.45) is 0 Å². The lowest BCUT2D eigenvalue weighted by atomic mass is 10.1. The van der Waals surface area contributed by atoms with Crippen LogP contribution in [0.3, 0.4) is 0 Å².